The summed E-state index contributed by atoms with van der Waals surface area (Å²) in [7, 11) is 1.64. The highest BCUT2D eigenvalue weighted by atomic mass is 16.5. The second kappa shape index (κ2) is 8.15. The van der Waals surface area contributed by atoms with Crippen molar-refractivity contribution in [3.8, 4) is 11.5 Å². The third-order valence-electron chi connectivity index (χ3n) is 5.82. The van der Waals surface area contributed by atoms with Crippen LogP contribution in [-0.4, -0.2) is 31.6 Å². The Morgan fingerprint density at radius 3 is 2.62 bits per heavy atom. The van der Waals surface area contributed by atoms with Crippen molar-refractivity contribution in [2.24, 2.45) is 5.73 Å². The molecule has 1 heterocycles. The van der Waals surface area contributed by atoms with E-state index in [1.165, 1.54) is 12.8 Å². The lowest BCUT2D eigenvalue weighted by molar-refractivity contribution is -0.117. The highest BCUT2D eigenvalue weighted by Crippen LogP contribution is 2.38. The molecule has 2 aromatic carbocycles. The van der Waals surface area contributed by atoms with Gasteiger partial charge in [-0.3, -0.25) is 9.59 Å². The Labute approximate surface area is 170 Å². The molecule has 1 atom stereocenters. The van der Waals surface area contributed by atoms with Gasteiger partial charge in [-0.25, -0.2) is 0 Å². The van der Waals surface area contributed by atoms with Gasteiger partial charge in [0.2, 0.25) is 11.8 Å². The SMILES string of the molecule is COc1ccc(C2CC(=O)N(c3cccc(C(N)=O)c3)C2)cc1OC1CCCC1. The number of rotatable bonds is 6. The molecule has 0 spiro atoms. The van der Waals surface area contributed by atoms with Crippen LogP contribution in [-0.2, 0) is 4.79 Å². The number of carbonyl (C=O) groups excluding carboxylic acids is 2. The predicted molar refractivity (Wildman–Crippen MR) is 111 cm³/mol. The van der Waals surface area contributed by atoms with E-state index in [4.69, 9.17) is 15.2 Å². The number of primary amides is 1. The normalized spacial score (nSPS) is 19.6. The average molecular weight is 394 g/mol. The quantitative estimate of drug-likeness (QED) is 0.811. The number of carbonyl (C=O) groups is 2. The summed E-state index contributed by atoms with van der Waals surface area (Å²) >= 11 is 0. The van der Waals surface area contributed by atoms with Gasteiger partial charge in [0.15, 0.2) is 11.5 Å². The van der Waals surface area contributed by atoms with Crippen LogP contribution < -0.4 is 20.1 Å². The summed E-state index contributed by atoms with van der Waals surface area (Å²) < 4.78 is 11.7. The summed E-state index contributed by atoms with van der Waals surface area (Å²) in [6, 6.07) is 12.8. The summed E-state index contributed by atoms with van der Waals surface area (Å²) in [5.41, 5.74) is 7.53. The molecule has 4 rings (SSSR count). The van der Waals surface area contributed by atoms with E-state index >= 15 is 0 Å². The van der Waals surface area contributed by atoms with Crippen molar-refractivity contribution in [1.29, 1.82) is 0 Å². The number of nitrogens with two attached hydrogens (primary N) is 1. The van der Waals surface area contributed by atoms with Crippen LogP contribution >= 0.6 is 0 Å². The molecule has 6 nitrogen and oxygen atoms in total. The Morgan fingerprint density at radius 1 is 1.10 bits per heavy atom. The van der Waals surface area contributed by atoms with E-state index in [2.05, 4.69) is 0 Å². The van der Waals surface area contributed by atoms with Crippen molar-refractivity contribution < 1.29 is 19.1 Å². The maximum absolute atomic E-state index is 12.7. The fraction of sp³-hybridized carbons (Fsp3) is 0.391. The number of hydrogen-bond donors (Lipinski definition) is 1. The predicted octanol–water partition coefficient (Wildman–Crippen LogP) is 3.64. The summed E-state index contributed by atoms with van der Waals surface area (Å²) in [5.74, 6) is 1.05. The molecular formula is C23H26N2O4. The second-order valence-corrected chi connectivity index (χ2v) is 7.75. The standard InChI is InChI=1S/C23H26N2O4/c1-28-20-10-9-15(12-21(20)29-19-7-2-3-8-19)17-13-22(26)25(14-17)18-6-4-5-16(11-18)23(24)27/h4-6,9-12,17,19H,2-3,7-8,13-14H2,1H3,(H2,24,27). The molecule has 0 bridgehead atoms. The Balaban J connectivity index is 1.55. The highest BCUT2D eigenvalue weighted by Gasteiger charge is 2.32. The zero-order valence-electron chi connectivity index (χ0n) is 16.6. The van der Waals surface area contributed by atoms with Crippen LogP contribution in [0.25, 0.3) is 0 Å². The van der Waals surface area contributed by atoms with Crippen LogP contribution in [0.15, 0.2) is 42.5 Å². The van der Waals surface area contributed by atoms with Crippen molar-refractivity contribution in [1.82, 2.24) is 0 Å². The first kappa shape index (κ1) is 19.3. The minimum atomic E-state index is -0.501. The van der Waals surface area contributed by atoms with Crippen molar-refractivity contribution in [3.63, 3.8) is 0 Å². The molecule has 2 fully saturated rings. The van der Waals surface area contributed by atoms with Crippen LogP contribution in [0, 0.1) is 0 Å². The van der Waals surface area contributed by atoms with Crippen LogP contribution in [0.2, 0.25) is 0 Å². The number of benzene rings is 2. The third kappa shape index (κ3) is 4.06. The smallest absolute Gasteiger partial charge is 0.248 e. The molecule has 0 radical (unpaired) electrons. The van der Waals surface area contributed by atoms with Gasteiger partial charge in [0.1, 0.15) is 0 Å². The monoisotopic (exact) mass is 394 g/mol. The van der Waals surface area contributed by atoms with E-state index in [-0.39, 0.29) is 17.9 Å². The van der Waals surface area contributed by atoms with Crippen LogP contribution in [0.3, 0.4) is 0 Å². The first-order chi connectivity index (χ1) is 14.0. The lowest BCUT2D eigenvalue weighted by Crippen LogP contribution is -2.24. The maximum Gasteiger partial charge on any atom is 0.248 e. The van der Waals surface area contributed by atoms with Gasteiger partial charge >= 0.3 is 0 Å². The number of hydrogen-bond acceptors (Lipinski definition) is 4. The number of amides is 2. The average Bonchev–Trinajstić information content (AvgIpc) is 3.37. The summed E-state index contributed by atoms with van der Waals surface area (Å²) in [5, 5.41) is 0. The van der Waals surface area contributed by atoms with Gasteiger partial charge in [-0.15, -0.1) is 0 Å². The van der Waals surface area contributed by atoms with Crippen molar-refractivity contribution in [3.05, 3.63) is 53.6 Å². The third-order valence-corrected chi connectivity index (χ3v) is 5.82. The lowest BCUT2D eigenvalue weighted by Gasteiger charge is -2.19. The number of anilines is 1. The summed E-state index contributed by atoms with van der Waals surface area (Å²) in [4.78, 5) is 25.9. The van der Waals surface area contributed by atoms with Crippen molar-refractivity contribution in [2.45, 2.75) is 44.1 Å². The van der Waals surface area contributed by atoms with Crippen LogP contribution in [0.5, 0.6) is 11.5 Å². The molecule has 1 unspecified atom stereocenters. The second-order valence-electron chi connectivity index (χ2n) is 7.75. The fourth-order valence-corrected chi connectivity index (χ4v) is 4.23. The first-order valence-electron chi connectivity index (χ1n) is 10.1. The zero-order chi connectivity index (χ0) is 20.4. The molecule has 1 aliphatic heterocycles. The van der Waals surface area contributed by atoms with Gasteiger partial charge in [0.05, 0.1) is 13.2 Å². The van der Waals surface area contributed by atoms with Crippen LogP contribution in [0.4, 0.5) is 5.69 Å². The minimum Gasteiger partial charge on any atom is -0.493 e. The number of nitrogens with zero attached hydrogens (tertiary/aromatic N) is 1. The Hall–Kier alpha value is -3.02. The van der Waals surface area contributed by atoms with E-state index in [1.54, 1.807) is 30.2 Å². The molecule has 1 aliphatic carbocycles. The molecule has 1 saturated heterocycles. The topological polar surface area (TPSA) is 81.9 Å². The zero-order valence-corrected chi connectivity index (χ0v) is 16.6. The van der Waals surface area contributed by atoms with Gasteiger partial charge in [0.25, 0.3) is 0 Å². The molecule has 29 heavy (non-hydrogen) atoms. The van der Waals surface area contributed by atoms with E-state index in [1.807, 2.05) is 24.3 Å². The minimum absolute atomic E-state index is 0.0331. The molecule has 1 saturated carbocycles. The molecule has 2 amide bonds. The molecule has 0 aromatic heterocycles. The molecule has 2 aromatic rings. The molecule has 2 aliphatic rings. The van der Waals surface area contributed by atoms with Crippen LogP contribution in [0.1, 0.15) is 53.9 Å². The Bertz CT molecular complexity index is 921. The number of methoxy groups -OCH3 is 1. The molecule has 6 heteroatoms. The Kier molecular flexibility index (Phi) is 5.43. The fourth-order valence-electron chi connectivity index (χ4n) is 4.23. The molecule has 2 N–H and O–H groups in total. The largest absolute Gasteiger partial charge is 0.493 e. The van der Waals surface area contributed by atoms with E-state index in [9.17, 15) is 9.59 Å². The van der Waals surface area contributed by atoms with Gasteiger partial charge in [-0.1, -0.05) is 12.1 Å². The lowest BCUT2D eigenvalue weighted by atomic mass is 9.98. The van der Waals surface area contributed by atoms with Gasteiger partial charge in [-0.05, 0) is 61.6 Å². The van der Waals surface area contributed by atoms with Gasteiger partial charge in [-0.2, -0.15) is 0 Å². The highest BCUT2D eigenvalue weighted by molar-refractivity contribution is 5.99. The Morgan fingerprint density at radius 2 is 1.90 bits per heavy atom. The number of ether oxygens (including phenoxy) is 2. The van der Waals surface area contributed by atoms with E-state index in [0.717, 1.165) is 29.9 Å². The maximum atomic E-state index is 12.7. The van der Waals surface area contributed by atoms with E-state index in [0.29, 0.717) is 24.2 Å². The summed E-state index contributed by atoms with van der Waals surface area (Å²) in [6.45, 7) is 0.552. The molecular weight excluding hydrogens is 368 g/mol. The summed E-state index contributed by atoms with van der Waals surface area (Å²) in [6.07, 6.45) is 5.18. The first-order valence-corrected chi connectivity index (χ1v) is 10.1. The van der Waals surface area contributed by atoms with Crippen molar-refractivity contribution >= 4 is 17.5 Å². The molecule has 152 valence electrons. The van der Waals surface area contributed by atoms with E-state index < -0.39 is 5.91 Å². The van der Waals surface area contributed by atoms with Gasteiger partial charge < -0.3 is 20.1 Å². The van der Waals surface area contributed by atoms with Crippen molar-refractivity contribution in [2.75, 3.05) is 18.6 Å². The van der Waals surface area contributed by atoms with Gasteiger partial charge in [0, 0.05) is 30.1 Å².